The van der Waals surface area contributed by atoms with Crippen LogP contribution < -0.4 is 0 Å². The smallest absolute Gasteiger partial charge is 0.139 e. The largest absolute Gasteiger partial charge is 0.299 e. The molecular weight excluding hydrogens is 148 g/mol. The number of ketones is 1. The number of allylic oxidation sites excluding steroid dienone is 1. The van der Waals surface area contributed by atoms with Crippen LogP contribution in [0, 0.1) is 11.3 Å². The first-order valence-corrected chi connectivity index (χ1v) is 4.62. The number of hydrogen-bond acceptors (Lipinski definition) is 1. The third kappa shape index (κ3) is 1.77. The molecule has 0 aromatic rings. The number of hydrogen-bond donors (Lipinski definition) is 0. The standard InChI is InChI=1S/C11H18O/c1-8(2)9-5-6-11(3,4)10(12)7-9/h9H,1,5-7H2,2-4H3/t9-/m1/s1. The van der Waals surface area contributed by atoms with E-state index in [2.05, 4.69) is 6.58 Å². The van der Waals surface area contributed by atoms with Gasteiger partial charge in [0.2, 0.25) is 0 Å². The van der Waals surface area contributed by atoms with E-state index in [1.54, 1.807) is 0 Å². The van der Waals surface area contributed by atoms with Crippen molar-refractivity contribution in [3.63, 3.8) is 0 Å². The molecule has 0 aromatic carbocycles. The van der Waals surface area contributed by atoms with Gasteiger partial charge < -0.3 is 0 Å². The highest BCUT2D eigenvalue weighted by atomic mass is 16.1. The lowest BCUT2D eigenvalue weighted by molar-refractivity contribution is -0.130. The molecule has 0 N–H and O–H groups in total. The number of carbonyl (C=O) groups is 1. The van der Waals surface area contributed by atoms with E-state index >= 15 is 0 Å². The minimum atomic E-state index is -0.0774. The molecule has 0 bridgehead atoms. The van der Waals surface area contributed by atoms with E-state index in [4.69, 9.17) is 0 Å². The normalized spacial score (nSPS) is 28.6. The van der Waals surface area contributed by atoms with Crippen molar-refractivity contribution < 1.29 is 4.79 Å². The minimum absolute atomic E-state index is 0.0774. The summed E-state index contributed by atoms with van der Waals surface area (Å²) in [5.41, 5.74) is 1.09. The molecule has 1 atom stereocenters. The first-order valence-electron chi connectivity index (χ1n) is 4.62. The van der Waals surface area contributed by atoms with Gasteiger partial charge in [0.15, 0.2) is 0 Å². The van der Waals surface area contributed by atoms with Gasteiger partial charge in [0.1, 0.15) is 5.78 Å². The number of Topliss-reactive ketones (excluding diaryl/α,β-unsaturated/α-hetero) is 1. The van der Waals surface area contributed by atoms with Crippen molar-refractivity contribution in [3.8, 4) is 0 Å². The summed E-state index contributed by atoms with van der Waals surface area (Å²) in [5, 5.41) is 0. The van der Waals surface area contributed by atoms with Crippen LogP contribution in [0.1, 0.15) is 40.0 Å². The Morgan fingerprint density at radius 1 is 1.58 bits per heavy atom. The van der Waals surface area contributed by atoms with E-state index in [-0.39, 0.29) is 5.41 Å². The van der Waals surface area contributed by atoms with E-state index in [0.717, 1.165) is 12.8 Å². The SMILES string of the molecule is C=C(C)[C@@H]1CCC(C)(C)C(=O)C1. The summed E-state index contributed by atoms with van der Waals surface area (Å²) in [5.74, 6) is 0.854. The highest BCUT2D eigenvalue weighted by Crippen LogP contribution is 2.37. The third-order valence-corrected chi connectivity index (χ3v) is 3.00. The minimum Gasteiger partial charge on any atom is -0.299 e. The number of carbonyl (C=O) groups excluding carboxylic acids is 1. The van der Waals surface area contributed by atoms with Crippen molar-refractivity contribution in [2.45, 2.75) is 40.0 Å². The Kier molecular flexibility index (Phi) is 2.41. The average molecular weight is 166 g/mol. The molecule has 1 fully saturated rings. The zero-order valence-corrected chi connectivity index (χ0v) is 8.31. The fraction of sp³-hybridized carbons (Fsp3) is 0.727. The molecule has 1 aliphatic rings. The van der Waals surface area contributed by atoms with Gasteiger partial charge in [-0.15, -0.1) is 0 Å². The Morgan fingerprint density at radius 3 is 2.58 bits per heavy atom. The highest BCUT2D eigenvalue weighted by Gasteiger charge is 2.34. The first-order chi connectivity index (χ1) is 5.43. The Morgan fingerprint density at radius 2 is 2.17 bits per heavy atom. The summed E-state index contributed by atoms with van der Waals surface area (Å²) in [4.78, 5) is 11.6. The monoisotopic (exact) mass is 166 g/mol. The Balaban J connectivity index is 2.64. The van der Waals surface area contributed by atoms with Crippen molar-refractivity contribution >= 4 is 5.78 Å². The molecule has 0 unspecified atom stereocenters. The summed E-state index contributed by atoms with van der Waals surface area (Å²) < 4.78 is 0. The summed E-state index contributed by atoms with van der Waals surface area (Å²) in [7, 11) is 0. The summed E-state index contributed by atoms with van der Waals surface area (Å²) in [6.07, 6.45) is 2.86. The predicted molar refractivity (Wildman–Crippen MR) is 50.9 cm³/mol. The van der Waals surface area contributed by atoms with Crippen LogP contribution in [0.4, 0.5) is 0 Å². The van der Waals surface area contributed by atoms with E-state index in [1.165, 1.54) is 5.57 Å². The van der Waals surface area contributed by atoms with Crippen molar-refractivity contribution in [1.29, 1.82) is 0 Å². The Hall–Kier alpha value is -0.590. The summed E-state index contributed by atoms with van der Waals surface area (Å²) in [6, 6.07) is 0. The fourth-order valence-corrected chi connectivity index (χ4v) is 1.70. The third-order valence-electron chi connectivity index (χ3n) is 3.00. The molecule has 0 radical (unpaired) electrons. The molecule has 1 aliphatic carbocycles. The molecule has 1 rings (SSSR count). The topological polar surface area (TPSA) is 17.1 Å². The van der Waals surface area contributed by atoms with Crippen molar-refractivity contribution in [2.75, 3.05) is 0 Å². The van der Waals surface area contributed by atoms with Gasteiger partial charge in [-0.05, 0) is 25.7 Å². The van der Waals surface area contributed by atoms with Gasteiger partial charge in [-0.3, -0.25) is 4.79 Å². The molecule has 1 nitrogen and oxygen atoms in total. The van der Waals surface area contributed by atoms with Crippen LogP contribution in [0.5, 0.6) is 0 Å². The maximum Gasteiger partial charge on any atom is 0.139 e. The van der Waals surface area contributed by atoms with Crippen LogP contribution in [-0.2, 0) is 4.79 Å². The van der Waals surface area contributed by atoms with Gasteiger partial charge in [0.25, 0.3) is 0 Å². The molecule has 68 valence electrons. The second-order valence-corrected chi connectivity index (χ2v) is 4.59. The fourth-order valence-electron chi connectivity index (χ4n) is 1.70. The molecule has 1 saturated carbocycles. The Bertz CT molecular complexity index is 213. The van der Waals surface area contributed by atoms with E-state index < -0.39 is 0 Å². The molecular formula is C11H18O. The predicted octanol–water partition coefficient (Wildman–Crippen LogP) is 2.96. The van der Waals surface area contributed by atoms with Gasteiger partial charge in [-0.2, -0.15) is 0 Å². The van der Waals surface area contributed by atoms with Crippen LogP contribution in [0.25, 0.3) is 0 Å². The zero-order chi connectivity index (χ0) is 9.35. The molecule has 0 amide bonds. The van der Waals surface area contributed by atoms with Crippen LogP contribution in [0.2, 0.25) is 0 Å². The van der Waals surface area contributed by atoms with Crippen molar-refractivity contribution in [3.05, 3.63) is 12.2 Å². The number of rotatable bonds is 1. The molecule has 0 saturated heterocycles. The lowest BCUT2D eigenvalue weighted by Crippen LogP contribution is -2.32. The van der Waals surface area contributed by atoms with Gasteiger partial charge in [0, 0.05) is 11.8 Å². The van der Waals surface area contributed by atoms with Gasteiger partial charge in [-0.1, -0.05) is 26.0 Å². The first kappa shape index (κ1) is 9.50. The molecule has 0 heterocycles. The van der Waals surface area contributed by atoms with Crippen LogP contribution in [-0.4, -0.2) is 5.78 Å². The second-order valence-electron chi connectivity index (χ2n) is 4.59. The lowest BCUT2D eigenvalue weighted by Gasteiger charge is -2.33. The van der Waals surface area contributed by atoms with E-state index in [9.17, 15) is 4.79 Å². The molecule has 0 spiro atoms. The van der Waals surface area contributed by atoms with Gasteiger partial charge in [-0.25, -0.2) is 0 Å². The van der Waals surface area contributed by atoms with E-state index in [1.807, 2.05) is 20.8 Å². The van der Waals surface area contributed by atoms with Crippen LogP contribution in [0.3, 0.4) is 0 Å². The summed E-state index contributed by atoms with van der Waals surface area (Å²) >= 11 is 0. The van der Waals surface area contributed by atoms with Crippen molar-refractivity contribution in [2.24, 2.45) is 11.3 Å². The highest BCUT2D eigenvalue weighted by molar-refractivity contribution is 5.85. The molecule has 12 heavy (non-hydrogen) atoms. The second kappa shape index (κ2) is 3.04. The molecule has 0 aromatic heterocycles. The average Bonchev–Trinajstić information content (AvgIpc) is 1.94. The van der Waals surface area contributed by atoms with Gasteiger partial charge in [0.05, 0.1) is 0 Å². The zero-order valence-electron chi connectivity index (χ0n) is 8.31. The maximum atomic E-state index is 11.6. The summed E-state index contributed by atoms with van der Waals surface area (Å²) in [6.45, 7) is 10.0. The lowest BCUT2D eigenvalue weighted by atomic mass is 9.70. The maximum absolute atomic E-state index is 11.6. The Labute approximate surface area is 74.9 Å². The van der Waals surface area contributed by atoms with Crippen LogP contribution >= 0.6 is 0 Å². The van der Waals surface area contributed by atoms with Crippen LogP contribution in [0.15, 0.2) is 12.2 Å². The van der Waals surface area contributed by atoms with E-state index in [0.29, 0.717) is 18.1 Å². The van der Waals surface area contributed by atoms with Gasteiger partial charge >= 0.3 is 0 Å². The quantitative estimate of drug-likeness (QED) is 0.547. The molecule has 1 heteroatoms. The van der Waals surface area contributed by atoms with Crippen molar-refractivity contribution in [1.82, 2.24) is 0 Å². The molecule has 0 aliphatic heterocycles.